The second-order valence-electron chi connectivity index (χ2n) is 4.92. The van der Waals surface area contributed by atoms with Gasteiger partial charge in [0.25, 0.3) is 0 Å². The Labute approximate surface area is 93.8 Å². The summed E-state index contributed by atoms with van der Waals surface area (Å²) in [6.45, 7) is 5.11. The number of hydrogen-bond donors (Lipinski definition) is 1. The number of halogens is 3. The van der Waals surface area contributed by atoms with Gasteiger partial charge in [0.15, 0.2) is 0 Å². The van der Waals surface area contributed by atoms with Crippen LogP contribution in [0.25, 0.3) is 0 Å². The van der Waals surface area contributed by atoms with Crippen LogP contribution in [0, 0.1) is 5.92 Å². The SMILES string of the molecule is CC(C)CN(CC(F)(F)F)C(=O)C(C)(C)N. The Bertz CT molecular complexity index is 243. The Kier molecular flexibility index (Phi) is 4.79. The average Bonchev–Trinajstić information content (AvgIpc) is 1.96. The molecule has 0 rings (SSSR count). The fourth-order valence-electron chi connectivity index (χ4n) is 1.28. The molecule has 3 nitrogen and oxygen atoms in total. The van der Waals surface area contributed by atoms with Gasteiger partial charge in [0.05, 0.1) is 5.54 Å². The molecule has 0 bridgehead atoms. The second-order valence-corrected chi connectivity index (χ2v) is 4.92. The molecule has 0 saturated heterocycles. The lowest BCUT2D eigenvalue weighted by molar-refractivity contribution is -0.164. The van der Waals surface area contributed by atoms with Crippen LogP contribution in [-0.2, 0) is 4.79 Å². The summed E-state index contributed by atoms with van der Waals surface area (Å²) in [5.41, 5.74) is 4.24. The van der Waals surface area contributed by atoms with Crippen molar-refractivity contribution in [3.63, 3.8) is 0 Å². The van der Waals surface area contributed by atoms with E-state index in [1.807, 2.05) is 0 Å². The normalized spacial score (nSPS) is 13.1. The van der Waals surface area contributed by atoms with Crippen LogP contribution in [0.15, 0.2) is 0 Å². The standard InChI is InChI=1S/C10H19F3N2O/c1-7(2)5-15(6-10(11,12)13)8(16)9(3,4)14/h7H,5-6,14H2,1-4H3. The van der Waals surface area contributed by atoms with Crippen LogP contribution in [0.4, 0.5) is 13.2 Å². The number of carbonyl (C=O) groups excluding carboxylic acids is 1. The van der Waals surface area contributed by atoms with E-state index < -0.39 is 24.2 Å². The minimum absolute atomic E-state index is 0.0337. The van der Waals surface area contributed by atoms with Crippen molar-refractivity contribution in [2.45, 2.75) is 39.4 Å². The van der Waals surface area contributed by atoms with Crippen molar-refractivity contribution in [2.75, 3.05) is 13.1 Å². The van der Waals surface area contributed by atoms with Crippen LogP contribution in [0.3, 0.4) is 0 Å². The first-order chi connectivity index (χ1) is 6.93. The van der Waals surface area contributed by atoms with Gasteiger partial charge in [-0.1, -0.05) is 13.8 Å². The van der Waals surface area contributed by atoms with E-state index in [0.717, 1.165) is 4.90 Å². The Morgan fingerprint density at radius 1 is 1.31 bits per heavy atom. The number of rotatable bonds is 4. The maximum Gasteiger partial charge on any atom is 0.406 e. The lowest BCUT2D eigenvalue weighted by Crippen LogP contribution is -2.54. The van der Waals surface area contributed by atoms with Crippen molar-refractivity contribution in [1.82, 2.24) is 4.90 Å². The first-order valence-corrected chi connectivity index (χ1v) is 5.08. The molecule has 2 N–H and O–H groups in total. The van der Waals surface area contributed by atoms with Gasteiger partial charge in [0.2, 0.25) is 5.91 Å². The third-order valence-corrected chi connectivity index (χ3v) is 1.79. The lowest BCUT2D eigenvalue weighted by Gasteiger charge is -2.31. The van der Waals surface area contributed by atoms with Crippen LogP contribution in [0.5, 0.6) is 0 Å². The molecule has 0 aliphatic rings. The molecular weight excluding hydrogens is 221 g/mol. The van der Waals surface area contributed by atoms with Crippen LogP contribution >= 0.6 is 0 Å². The van der Waals surface area contributed by atoms with Crippen molar-refractivity contribution < 1.29 is 18.0 Å². The molecule has 0 unspecified atom stereocenters. The van der Waals surface area contributed by atoms with Crippen molar-refractivity contribution >= 4 is 5.91 Å². The van der Waals surface area contributed by atoms with Crippen LogP contribution in [-0.4, -0.2) is 35.6 Å². The molecule has 0 saturated carbocycles. The topological polar surface area (TPSA) is 46.3 Å². The van der Waals surface area contributed by atoms with E-state index in [0.29, 0.717) is 0 Å². The molecule has 6 heteroatoms. The summed E-state index contributed by atoms with van der Waals surface area (Å²) >= 11 is 0. The zero-order valence-corrected chi connectivity index (χ0v) is 10.1. The highest BCUT2D eigenvalue weighted by atomic mass is 19.4. The Hall–Kier alpha value is -0.780. The summed E-state index contributed by atoms with van der Waals surface area (Å²) in [5, 5.41) is 0. The molecule has 0 aliphatic carbocycles. The minimum atomic E-state index is -4.39. The Balaban J connectivity index is 4.75. The van der Waals surface area contributed by atoms with Crippen molar-refractivity contribution in [1.29, 1.82) is 0 Å². The number of nitrogens with zero attached hydrogens (tertiary/aromatic N) is 1. The molecule has 16 heavy (non-hydrogen) atoms. The highest BCUT2D eigenvalue weighted by Gasteiger charge is 2.37. The van der Waals surface area contributed by atoms with E-state index in [4.69, 9.17) is 5.73 Å². The molecular formula is C10H19F3N2O. The average molecular weight is 240 g/mol. The Morgan fingerprint density at radius 2 is 1.75 bits per heavy atom. The van der Waals surface area contributed by atoms with Gasteiger partial charge in [-0.15, -0.1) is 0 Å². The van der Waals surface area contributed by atoms with E-state index in [1.54, 1.807) is 13.8 Å². The summed E-state index contributed by atoms with van der Waals surface area (Å²) in [7, 11) is 0. The van der Waals surface area contributed by atoms with Gasteiger partial charge in [0.1, 0.15) is 6.54 Å². The van der Waals surface area contributed by atoms with E-state index in [-0.39, 0.29) is 12.5 Å². The van der Waals surface area contributed by atoms with E-state index in [1.165, 1.54) is 13.8 Å². The van der Waals surface area contributed by atoms with E-state index in [9.17, 15) is 18.0 Å². The zero-order valence-electron chi connectivity index (χ0n) is 10.1. The molecule has 0 aromatic heterocycles. The molecule has 0 aromatic rings. The smallest absolute Gasteiger partial charge is 0.332 e. The monoisotopic (exact) mass is 240 g/mol. The van der Waals surface area contributed by atoms with Crippen LogP contribution in [0.2, 0.25) is 0 Å². The van der Waals surface area contributed by atoms with Gasteiger partial charge in [-0.2, -0.15) is 13.2 Å². The zero-order chi connectivity index (χ0) is 13.1. The van der Waals surface area contributed by atoms with Gasteiger partial charge in [0, 0.05) is 6.54 Å². The third-order valence-electron chi connectivity index (χ3n) is 1.79. The fraction of sp³-hybridized carbons (Fsp3) is 0.900. The number of amides is 1. The molecule has 0 spiro atoms. The summed E-state index contributed by atoms with van der Waals surface area (Å²) in [5.74, 6) is -0.716. The van der Waals surface area contributed by atoms with Gasteiger partial charge in [-0.3, -0.25) is 4.79 Å². The fourth-order valence-corrected chi connectivity index (χ4v) is 1.28. The summed E-state index contributed by atoms with van der Waals surface area (Å²) in [4.78, 5) is 12.4. The van der Waals surface area contributed by atoms with E-state index in [2.05, 4.69) is 0 Å². The predicted molar refractivity (Wildman–Crippen MR) is 55.7 cm³/mol. The lowest BCUT2D eigenvalue weighted by atomic mass is 10.0. The predicted octanol–water partition coefficient (Wildman–Crippen LogP) is 1.77. The highest BCUT2D eigenvalue weighted by Crippen LogP contribution is 2.19. The first kappa shape index (κ1) is 15.2. The van der Waals surface area contributed by atoms with Gasteiger partial charge in [-0.25, -0.2) is 0 Å². The number of nitrogens with two attached hydrogens (primary N) is 1. The quantitative estimate of drug-likeness (QED) is 0.814. The molecule has 0 fully saturated rings. The summed E-state index contributed by atoms with van der Waals surface area (Å²) in [6.07, 6.45) is -4.39. The number of hydrogen-bond acceptors (Lipinski definition) is 2. The molecule has 0 heterocycles. The highest BCUT2D eigenvalue weighted by molar-refractivity contribution is 5.85. The molecule has 0 radical (unpaired) electrons. The van der Waals surface area contributed by atoms with Crippen LogP contribution in [0.1, 0.15) is 27.7 Å². The minimum Gasteiger partial charge on any atom is -0.332 e. The first-order valence-electron chi connectivity index (χ1n) is 5.08. The molecule has 0 aromatic carbocycles. The maximum absolute atomic E-state index is 12.3. The van der Waals surface area contributed by atoms with Crippen molar-refractivity contribution in [3.8, 4) is 0 Å². The van der Waals surface area contributed by atoms with Gasteiger partial charge >= 0.3 is 6.18 Å². The van der Waals surface area contributed by atoms with Crippen molar-refractivity contribution in [2.24, 2.45) is 11.7 Å². The van der Waals surface area contributed by atoms with Gasteiger partial charge < -0.3 is 10.6 Å². The van der Waals surface area contributed by atoms with Gasteiger partial charge in [-0.05, 0) is 19.8 Å². The molecule has 0 aliphatic heterocycles. The van der Waals surface area contributed by atoms with Crippen LogP contribution < -0.4 is 5.73 Å². The largest absolute Gasteiger partial charge is 0.406 e. The number of carbonyl (C=O) groups is 1. The maximum atomic E-state index is 12.3. The second kappa shape index (κ2) is 5.03. The third kappa shape index (κ3) is 5.95. The molecule has 1 amide bonds. The van der Waals surface area contributed by atoms with Crippen molar-refractivity contribution in [3.05, 3.63) is 0 Å². The van der Waals surface area contributed by atoms with E-state index >= 15 is 0 Å². The Morgan fingerprint density at radius 3 is 2.00 bits per heavy atom. The number of alkyl halides is 3. The molecule has 0 atom stereocenters. The summed E-state index contributed by atoms with van der Waals surface area (Å²) in [6, 6.07) is 0. The summed E-state index contributed by atoms with van der Waals surface area (Å²) < 4.78 is 36.8. The molecule has 96 valence electrons.